The van der Waals surface area contributed by atoms with E-state index < -0.39 is 0 Å². The van der Waals surface area contributed by atoms with Gasteiger partial charge in [0, 0.05) is 26.1 Å². The van der Waals surface area contributed by atoms with Crippen molar-refractivity contribution in [3.05, 3.63) is 36.4 Å². The quantitative estimate of drug-likeness (QED) is 0.908. The predicted molar refractivity (Wildman–Crippen MR) is 94.2 cm³/mol. The van der Waals surface area contributed by atoms with E-state index in [-0.39, 0.29) is 12.1 Å². The van der Waals surface area contributed by atoms with Crippen LogP contribution < -0.4 is 14.8 Å². The first-order valence-electron chi connectivity index (χ1n) is 9.05. The minimum absolute atomic E-state index is 0.0538. The number of piperidine rings is 1. The first-order chi connectivity index (χ1) is 12.8. The summed E-state index contributed by atoms with van der Waals surface area (Å²) in [6, 6.07) is 5.94. The van der Waals surface area contributed by atoms with Crippen LogP contribution in [0.2, 0.25) is 0 Å². The Morgan fingerprint density at radius 1 is 1.23 bits per heavy atom. The van der Waals surface area contributed by atoms with Crippen molar-refractivity contribution in [2.45, 2.75) is 31.8 Å². The zero-order valence-corrected chi connectivity index (χ0v) is 14.6. The number of amides is 2. The van der Waals surface area contributed by atoms with Gasteiger partial charge in [0.2, 0.25) is 0 Å². The van der Waals surface area contributed by atoms with Crippen molar-refractivity contribution in [1.82, 2.24) is 25.0 Å². The second-order valence-corrected chi connectivity index (χ2v) is 6.61. The molecule has 0 spiro atoms. The standard InChI is InChI=1S/C18H23N5O3/c24-18(22-6-1-3-15(11-22)23-13-19-12-21-23)20-10-14-4-5-16-17(9-14)26-8-2-7-25-16/h4-5,9,12-13,15H,1-3,6-8,10-11H2,(H,20,24). The number of nitrogens with one attached hydrogen (secondary N) is 1. The van der Waals surface area contributed by atoms with E-state index in [1.807, 2.05) is 27.8 Å². The second-order valence-electron chi connectivity index (χ2n) is 6.61. The van der Waals surface area contributed by atoms with Crippen molar-refractivity contribution in [2.24, 2.45) is 0 Å². The normalized spacial score (nSPS) is 19.7. The number of carbonyl (C=O) groups is 1. The lowest BCUT2D eigenvalue weighted by Crippen LogP contribution is -2.45. The third-order valence-corrected chi connectivity index (χ3v) is 4.75. The van der Waals surface area contributed by atoms with Gasteiger partial charge in [-0.1, -0.05) is 6.07 Å². The van der Waals surface area contributed by atoms with Crippen LogP contribution in [0.25, 0.3) is 0 Å². The maximum absolute atomic E-state index is 12.5. The molecule has 26 heavy (non-hydrogen) atoms. The van der Waals surface area contributed by atoms with Crippen LogP contribution in [0.1, 0.15) is 30.9 Å². The molecule has 1 N–H and O–H groups in total. The molecule has 1 unspecified atom stereocenters. The molecule has 1 fully saturated rings. The minimum Gasteiger partial charge on any atom is -0.490 e. The average molecular weight is 357 g/mol. The van der Waals surface area contributed by atoms with Gasteiger partial charge in [-0.3, -0.25) is 0 Å². The van der Waals surface area contributed by atoms with E-state index in [9.17, 15) is 4.79 Å². The highest BCUT2D eigenvalue weighted by Gasteiger charge is 2.25. The Labute approximate surface area is 152 Å². The summed E-state index contributed by atoms with van der Waals surface area (Å²) < 4.78 is 13.2. The zero-order chi connectivity index (χ0) is 17.8. The summed E-state index contributed by atoms with van der Waals surface area (Å²) in [6.07, 6.45) is 6.09. The van der Waals surface area contributed by atoms with Crippen molar-refractivity contribution < 1.29 is 14.3 Å². The van der Waals surface area contributed by atoms with Crippen molar-refractivity contribution in [3.8, 4) is 11.5 Å². The summed E-state index contributed by atoms with van der Waals surface area (Å²) in [4.78, 5) is 18.4. The van der Waals surface area contributed by atoms with Crippen LogP contribution in [0.3, 0.4) is 0 Å². The van der Waals surface area contributed by atoms with E-state index in [1.165, 1.54) is 6.33 Å². The van der Waals surface area contributed by atoms with Crippen LogP contribution in [0, 0.1) is 0 Å². The highest BCUT2D eigenvalue weighted by Crippen LogP contribution is 2.30. The number of rotatable bonds is 3. The molecule has 2 aliphatic rings. The molecule has 0 radical (unpaired) electrons. The molecular formula is C18H23N5O3. The van der Waals surface area contributed by atoms with Crippen LogP contribution >= 0.6 is 0 Å². The van der Waals surface area contributed by atoms with Crippen LogP contribution in [0.5, 0.6) is 11.5 Å². The summed E-state index contributed by atoms with van der Waals surface area (Å²) in [6.45, 7) is 3.19. The zero-order valence-electron chi connectivity index (χ0n) is 14.6. The largest absolute Gasteiger partial charge is 0.490 e. The number of likely N-dealkylation sites (tertiary alicyclic amines) is 1. The molecule has 2 amide bonds. The molecule has 0 aliphatic carbocycles. The van der Waals surface area contributed by atoms with Crippen molar-refractivity contribution in [2.75, 3.05) is 26.3 Å². The smallest absolute Gasteiger partial charge is 0.317 e. The Kier molecular flexibility index (Phi) is 4.90. The molecular weight excluding hydrogens is 334 g/mol. The van der Waals surface area contributed by atoms with Gasteiger partial charge in [0.05, 0.1) is 19.3 Å². The maximum atomic E-state index is 12.5. The van der Waals surface area contributed by atoms with Gasteiger partial charge in [0.25, 0.3) is 0 Å². The van der Waals surface area contributed by atoms with Gasteiger partial charge in [-0.25, -0.2) is 14.5 Å². The molecule has 1 atom stereocenters. The Bertz CT molecular complexity index is 749. The van der Waals surface area contributed by atoms with Gasteiger partial charge >= 0.3 is 6.03 Å². The van der Waals surface area contributed by atoms with Gasteiger partial charge in [0.1, 0.15) is 12.7 Å². The topological polar surface area (TPSA) is 81.5 Å². The number of hydrogen-bond acceptors (Lipinski definition) is 5. The van der Waals surface area contributed by atoms with Crippen LogP contribution in [-0.4, -0.2) is 52.0 Å². The number of aromatic nitrogens is 3. The van der Waals surface area contributed by atoms with E-state index in [0.29, 0.717) is 26.3 Å². The van der Waals surface area contributed by atoms with E-state index in [0.717, 1.165) is 42.9 Å². The van der Waals surface area contributed by atoms with Crippen molar-refractivity contribution >= 4 is 6.03 Å². The molecule has 8 nitrogen and oxygen atoms in total. The summed E-state index contributed by atoms with van der Waals surface area (Å²) in [5.74, 6) is 1.52. The number of hydrogen-bond donors (Lipinski definition) is 1. The van der Waals surface area contributed by atoms with E-state index in [2.05, 4.69) is 15.4 Å². The van der Waals surface area contributed by atoms with Gasteiger partial charge in [0.15, 0.2) is 11.5 Å². The number of carbonyl (C=O) groups excluding carboxylic acids is 1. The minimum atomic E-state index is -0.0538. The summed E-state index contributed by atoms with van der Waals surface area (Å²) in [5, 5.41) is 7.20. The second kappa shape index (κ2) is 7.63. The first-order valence-corrected chi connectivity index (χ1v) is 9.05. The Morgan fingerprint density at radius 2 is 2.12 bits per heavy atom. The fourth-order valence-corrected chi connectivity index (χ4v) is 3.37. The number of benzene rings is 1. The molecule has 4 rings (SSSR count). The molecule has 0 saturated carbocycles. The molecule has 2 aliphatic heterocycles. The fraction of sp³-hybridized carbons (Fsp3) is 0.500. The van der Waals surface area contributed by atoms with E-state index in [1.54, 1.807) is 6.33 Å². The van der Waals surface area contributed by atoms with Crippen LogP contribution in [-0.2, 0) is 6.54 Å². The van der Waals surface area contributed by atoms with Crippen LogP contribution in [0.15, 0.2) is 30.9 Å². The van der Waals surface area contributed by atoms with Gasteiger partial charge < -0.3 is 19.7 Å². The molecule has 0 bridgehead atoms. The van der Waals surface area contributed by atoms with Gasteiger partial charge in [-0.05, 0) is 30.5 Å². The van der Waals surface area contributed by atoms with E-state index in [4.69, 9.17) is 9.47 Å². The van der Waals surface area contributed by atoms with Crippen LogP contribution in [0.4, 0.5) is 4.79 Å². The third kappa shape index (κ3) is 3.74. The molecule has 2 aromatic rings. The Balaban J connectivity index is 1.34. The number of urea groups is 1. The molecule has 1 aromatic heterocycles. The number of nitrogens with zero attached hydrogens (tertiary/aromatic N) is 4. The molecule has 138 valence electrons. The average Bonchev–Trinajstić information content (AvgIpc) is 3.12. The number of fused-ring (bicyclic) bond motifs is 1. The van der Waals surface area contributed by atoms with Crippen molar-refractivity contribution in [3.63, 3.8) is 0 Å². The lowest BCUT2D eigenvalue weighted by Gasteiger charge is -2.32. The highest BCUT2D eigenvalue weighted by atomic mass is 16.5. The summed E-state index contributed by atoms with van der Waals surface area (Å²) in [5.41, 5.74) is 0.993. The third-order valence-electron chi connectivity index (χ3n) is 4.75. The monoisotopic (exact) mass is 357 g/mol. The molecule has 8 heteroatoms. The maximum Gasteiger partial charge on any atom is 0.317 e. The summed E-state index contributed by atoms with van der Waals surface area (Å²) in [7, 11) is 0. The molecule has 3 heterocycles. The lowest BCUT2D eigenvalue weighted by molar-refractivity contribution is 0.163. The Morgan fingerprint density at radius 3 is 2.96 bits per heavy atom. The summed E-state index contributed by atoms with van der Waals surface area (Å²) >= 11 is 0. The molecule has 1 saturated heterocycles. The van der Waals surface area contributed by atoms with Gasteiger partial charge in [-0.2, -0.15) is 5.10 Å². The SMILES string of the molecule is O=C(NCc1ccc2c(c1)OCCCO2)N1CCCC(n2cncn2)C1. The van der Waals surface area contributed by atoms with Gasteiger partial charge in [-0.15, -0.1) is 0 Å². The fourth-order valence-electron chi connectivity index (χ4n) is 3.37. The number of ether oxygens (including phenoxy) is 2. The predicted octanol–water partition coefficient (Wildman–Crippen LogP) is 1.99. The lowest BCUT2D eigenvalue weighted by atomic mass is 10.1. The van der Waals surface area contributed by atoms with Crippen molar-refractivity contribution in [1.29, 1.82) is 0 Å². The highest BCUT2D eigenvalue weighted by molar-refractivity contribution is 5.74. The Hall–Kier alpha value is -2.77. The first kappa shape index (κ1) is 16.7. The molecule has 1 aromatic carbocycles. The van der Waals surface area contributed by atoms with E-state index >= 15 is 0 Å².